The molecule has 0 bridgehead atoms. The highest BCUT2D eigenvalue weighted by Crippen LogP contribution is 2.27. The van der Waals surface area contributed by atoms with Gasteiger partial charge < -0.3 is 5.32 Å². The number of hydrogen-bond donors (Lipinski definition) is 1. The van der Waals surface area contributed by atoms with Crippen LogP contribution >= 0.6 is 0 Å². The first kappa shape index (κ1) is 12.7. The molecule has 0 aromatic rings. The Morgan fingerprint density at radius 2 is 1.62 bits per heavy atom. The van der Waals surface area contributed by atoms with E-state index in [2.05, 4.69) is 5.32 Å². The standard InChI is InChI=1S/C13H19NO2/c1-7(2)9-6-10(15)12(14-5)11(8(3)4)13(9)16/h6-8,14H,1-5H3. The van der Waals surface area contributed by atoms with Crippen LogP contribution in [0.5, 0.6) is 0 Å². The third-order valence-corrected chi connectivity index (χ3v) is 2.76. The zero-order valence-electron chi connectivity index (χ0n) is 10.5. The Labute approximate surface area is 96.6 Å². The third kappa shape index (κ3) is 2.08. The molecule has 0 fully saturated rings. The lowest BCUT2D eigenvalue weighted by molar-refractivity contribution is -0.116. The van der Waals surface area contributed by atoms with Gasteiger partial charge in [0.15, 0.2) is 5.78 Å². The first-order valence-corrected chi connectivity index (χ1v) is 5.62. The topological polar surface area (TPSA) is 46.2 Å². The molecule has 1 N–H and O–H groups in total. The van der Waals surface area contributed by atoms with Crippen molar-refractivity contribution in [3.05, 3.63) is 22.9 Å². The monoisotopic (exact) mass is 221 g/mol. The van der Waals surface area contributed by atoms with Gasteiger partial charge in [0.2, 0.25) is 5.78 Å². The number of ketones is 2. The minimum absolute atomic E-state index is 0.00829. The van der Waals surface area contributed by atoms with Gasteiger partial charge in [-0.05, 0) is 17.9 Å². The zero-order valence-corrected chi connectivity index (χ0v) is 10.5. The quantitative estimate of drug-likeness (QED) is 0.740. The minimum Gasteiger partial charge on any atom is -0.385 e. The average Bonchev–Trinajstić information content (AvgIpc) is 2.19. The van der Waals surface area contributed by atoms with E-state index in [-0.39, 0.29) is 23.4 Å². The van der Waals surface area contributed by atoms with E-state index in [1.807, 2.05) is 27.7 Å². The molecule has 0 aromatic heterocycles. The molecule has 3 heteroatoms. The fraction of sp³-hybridized carbons (Fsp3) is 0.538. The summed E-state index contributed by atoms with van der Waals surface area (Å²) in [6.07, 6.45) is 1.46. The first-order valence-electron chi connectivity index (χ1n) is 5.62. The van der Waals surface area contributed by atoms with Crippen molar-refractivity contribution < 1.29 is 9.59 Å². The maximum absolute atomic E-state index is 12.2. The molecule has 0 radical (unpaired) electrons. The van der Waals surface area contributed by atoms with E-state index >= 15 is 0 Å². The molecule has 0 saturated carbocycles. The van der Waals surface area contributed by atoms with E-state index in [1.54, 1.807) is 7.05 Å². The predicted molar refractivity (Wildman–Crippen MR) is 63.9 cm³/mol. The smallest absolute Gasteiger partial charge is 0.202 e. The van der Waals surface area contributed by atoms with Crippen molar-refractivity contribution in [2.24, 2.45) is 11.8 Å². The second-order valence-electron chi connectivity index (χ2n) is 4.64. The second-order valence-corrected chi connectivity index (χ2v) is 4.64. The normalized spacial score (nSPS) is 17.3. The molecule has 0 amide bonds. The van der Waals surface area contributed by atoms with Crippen LogP contribution in [-0.2, 0) is 9.59 Å². The molecular formula is C13H19NO2. The van der Waals surface area contributed by atoms with Gasteiger partial charge in [0.05, 0.1) is 5.70 Å². The van der Waals surface area contributed by atoms with Crippen LogP contribution in [0.1, 0.15) is 27.7 Å². The number of carbonyl (C=O) groups excluding carboxylic acids is 2. The SMILES string of the molecule is CNC1=C(C(C)C)C(=O)C(C(C)C)=CC1=O. The van der Waals surface area contributed by atoms with E-state index in [0.717, 1.165) is 0 Å². The Morgan fingerprint density at radius 1 is 1.06 bits per heavy atom. The Morgan fingerprint density at radius 3 is 2.00 bits per heavy atom. The molecule has 0 spiro atoms. The van der Waals surface area contributed by atoms with Crippen LogP contribution in [0.15, 0.2) is 22.9 Å². The minimum atomic E-state index is -0.0884. The number of hydrogen-bond acceptors (Lipinski definition) is 3. The maximum Gasteiger partial charge on any atom is 0.202 e. The van der Waals surface area contributed by atoms with E-state index in [9.17, 15) is 9.59 Å². The maximum atomic E-state index is 12.2. The lowest BCUT2D eigenvalue weighted by Gasteiger charge is -2.22. The van der Waals surface area contributed by atoms with Crippen LogP contribution in [0.2, 0.25) is 0 Å². The van der Waals surface area contributed by atoms with Crippen molar-refractivity contribution in [3.63, 3.8) is 0 Å². The summed E-state index contributed by atoms with van der Waals surface area (Å²) in [7, 11) is 1.68. The molecule has 0 unspecified atom stereocenters. The summed E-state index contributed by atoms with van der Waals surface area (Å²) >= 11 is 0. The van der Waals surface area contributed by atoms with Crippen LogP contribution in [0.25, 0.3) is 0 Å². The van der Waals surface area contributed by atoms with Crippen LogP contribution in [0, 0.1) is 11.8 Å². The summed E-state index contributed by atoms with van der Waals surface area (Å²) in [6.45, 7) is 7.72. The van der Waals surface area contributed by atoms with E-state index < -0.39 is 0 Å². The summed E-state index contributed by atoms with van der Waals surface area (Å²) in [5.74, 6) is 0.0633. The van der Waals surface area contributed by atoms with Crippen molar-refractivity contribution in [3.8, 4) is 0 Å². The number of allylic oxidation sites excluding steroid dienone is 3. The van der Waals surface area contributed by atoms with Gasteiger partial charge >= 0.3 is 0 Å². The molecule has 16 heavy (non-hydrogen) atoms. The van der Waals surface area contributed by atoms with Crippen molar-refractivity contribution in [2.45, 2.75) is 27.7 Å². The Hall–Kier alpha value is -1.38. The van der Waals surface area contributed by atoms with Crippen molar-refractivity contribution in [1.82, 2.24) is 5.32 Å². The molecule has 0 saturated heterocycles. The van der Waals surface area contributed by atoms with Gasteiger partial charge in [0.1, 0.15) is 0 Å². The molecule has 0 heterocycles. The van der Waals surface area contributed by atoms with Gasteiger partial charge in [-0.3, -0.25) is 9.59 Å². The number of nitrogens with one attached hydrogen (secondary N) is 1. The molecule has 1 aliphatic carbocycles. The lowest BCUT2D eigenvalue weighted by Crippen LogP contribution is -2.30. The molecule has 88 valence electrons. The molecular weight excluding hydrogens is 202 g/mol. The summed E-state index contributed by atoms with van der Waals surface area (Å²) in [5.41, 5.74) is 1.68. The molecule has 3 nitrogen and oxygen atoms in total. The number of rotatable bonds is 3. The number of Topliss-reactive ketones (excluding diaryl/α,β-unsaturated/α-hetero) is 1. The molecule has 0 aliphatic heterocycles. The molecule has 1 aliphatic rings. The van der Waals surface area contributed by atoms with E-state index in [4.69, 9.17) is 0 Å². The predicted octanol–water partition coefficient (Wildman–Crippen LogP) is 1.85. The van der Waals surface area contributed by atoms with E-state index in [1.165, 1.54) is 6.08 Å². The van der Waals surface area contributed by atoms with Crippen LogP contribution in [0.3, 0.4) is 0 Å². The third-order valence-electron chi connectivity index (χ3n) is 2.76. The second kappa shape index (κ2) is 4.64. The average molecular weight is 221 g/mol. The van der Waals surface area contributed by atoms with Gasteiger partial charge in [0, 0.05) is 18.2 Å². The highest BCUT2D eigenvalue weighted by molar-refractivity contribution is 6.22. The van der Waals surface area contributed by atoms with Gasteiger partial charge in [0.25, 0.3) is 0 Å². The van der Waals surface area contributed by atoms with Crippen LogP contribution in [-0.4, -0.2) is 18.6 Å². The summed E-state index contributed by atoms with van der Waals surface area (Å²) < 4.78 is 0. The highest BCUT2D eigenvalue weighted by atomic mass is 16.1. The fourth-order valence-electron chi connectivity index (χ4n) is 1.92. The largest absolute Gasteiger partial charge is 0.385 e. The van der Waals surface area contributed by atoms with Crippen LogP contribution < -0.4 is 5.32 Å². The Kier molecular flexibility index (Phi) is 3.68. The van der Waals surface area contributed by atoms with Crippen molar-refractivity contribution in [1.29, 1.82) is 0 Å². The van der Waals surface area contributed by atoms with Gasteiger partial charge in [-0.25, -0.2) is 0 Å². The number of carbonyl (C=O) groups is 2. The van der Waals surface area contributed by atoms with Crippen LogP contribution in [0.4, 0.5) is 0 Å². The van der Waals surface area contributed by atoms with Gasteiger partial charge in [-0.15, -0.1) is 0 Å². The van der Waals surface area contributed by atoms with E-state index in [0.29, 0.717) is 16.8 Å². The Bertz CT molecular complexity index is 387. The van der Waals surface area contributed by atoms with Gasteiger partial charge in [-0.1, -0.05) is 27.7 Å². The summed E-state index contributed by atoms with van der Waals surface area (Å²) in [6, 6.07) is 0. The molecule has 0 aromatic carbocycles. The lowest BCUT2D eigenvalue weighted by atomic mass is 9.82. The van der Waals surface area contributed by atoms with Crippen molar-refractivity contribution in [2.75, 3.05) is 7.05 Å². The summed E-state index contributed by atoms with van der Waals surface area (Å²) in [5, 5.41) is 2.84. The van der Waals surface area contributed by atoms with Gasteiger partial charge in [-0.2, -0.15) is 0 Å². The molecule has 1 rings (SSSR count). The Balaban J connectivity index is 3.28. The summed E-state index contributed by atoms with van der Waals surface area (Å²) in [4.78, 5) is 24.1. The zero-order chi connectivity index (χ0) is 12.5. The molecule has 0 atom stereocenters. The fourth-order valence-corrected chi connectivity index (χ4v) is 1.92. The number of likely N-dealkylation sites (N-methyl/N-ethyl adjacent to an activating group) is 1. The first-order chi connectivity index (χ1) is 7.40. The highest BCUT2D eigenvalue weighted by Gasteiger charge is 2.30. The van der Waals surface area contributed by atoms with Crippen molar-refractivity contribution >= 4 is 11.6 Å².